The maximum atomic E-state index is 12.8. The Morgan fingerprint density at radius 1 is 1.08 bits per heavy atom. The first-order valence-corrected chi connectivity index (χ1v) is 10.0. The summed E-state index contributed by atoms with van der Waals surface area (Å²) in [4.78, 5) is 14.9. The fraction of sp³-hybridized carbons (Fsp3) is 0.316. The summed E-state index contributed by atoms with van der Waals surface area (Å²) in [5, 5.41) is 0. The highest BCUT2D eigenvalue weighted by molar-refractivity contribution is 7.90. The zero-order valence-corrected chi connectivity index (χ0v) is 14.8. The Balaban J connectivity index is 1.86. The molecule has 0 bridgehead atoms. The first kappa shape index (κ1) is 17.6. The van der Waals surface area contributed by atoms with Crippen molar-refractivity contribution >= 4 is 15.7 Å². The van der Waals surface area contributed by atoms with Crippen molar-refractivity contribution in [3.8, 4) is 0 Å². The zero-order chi connectivity index (χ0) is 17.9. The number of sulfone groups is 1. The van der Waals surface area contributed by atoms with Gasteiger partial charge in [-0.3, -0.25) is 4.79 Å². The van der Waals surface area contributed by atoms with Crippen LogP contribution in [0.1, 0.15) is 22.3 Å². The summed E-state index contributed by atoms with van der Waals surface area (Å²) in [7, 11) is -3.50. The van der Waals surface area contributed by atoms with Gasteiger partial charge in [0.2, 0.25) is 0 Å². The van der Waals surface area contributed by atoms with Gasteiger partial charge in [0.05, 0.1) is 10.6 Å². The minimum absolute atomic E-state index is 0.116. The van der Waals surface area contributed by atoms with Crippen molar-refractivity contribution < 1.29 is 13.2 Å². The lowest BCUT2D eigenvalue weighted by Crippen LogP contribution is -2.30. The summed E-state index contributed by atoms with van der Waals surface area (Å²) < 4.78 is 25.3. The van der Waals surface area contributed by atoms with Crippen molar-refractivity contribution in [1.82, 2.24) is 4.90 Å². The molecule has 1 aliphatic rings. The van der Waals surface area contributed by atoms with E-state index < -0.39 is 9.84 Å². The molecule has 1 amide bonds. The van der Waals surface area contributed by atoms with Crippen LogP contribution in [0.25, 0.3) is 0 Å². The van der Waals surface area contributed by atoms with Crippen LogP contribution in [0.2, 0.25) is 0 Å². The lowest BCUT2D eigenvalue weighted by Gasteiger charge is -2.18. The maximum Gasteiger partial charge on any atom is 0.254 e. The van der Waals surface area contributed by atoms with Crippen LogP contribution in [0.4, 0.5) is 0 Å². The molecule has 0 radical (unpaired) electrons. The highest BCUT2D eigenvalue weighted by atomic mass is 32.2. The van der Waals surface area contributed by atoms with E-state index in [2.05, 4.69) is 0 Å². The van der Waals surface area contributed by atoms with Crippen LogP contribution in [-0.2, 0) is 15.6 Å². The predicted octanol–water partition coefficient (Wildman–Crippen LogP) is 2.08. The lowest BCUT2D eigenvalue weighted by molar-refractivity contribution is 0.0787. The molecule has 1 saturated heterocycles. The van der Waals surface area contributed by atoms with Gasteiger partial charge < -0.3 is 10.6 Å². The third kappa shape index (κ3) is 3.91. The zero-order valence-electron chi connectivity index (χ0n) is 14.0. The monoisotopic (exact) mass is 358 g/mol. The van der Waals surface area contributed by atoms with Crippen LogP contribution in [0, 0.1) is 5.92 Å². The Morgan fingerprint density at radius 2 is 1.76 bits per heavy atom. The lowest BCUT2D eigenvalue weighted by atomic mass is 10.1. The molecular weight excluding hydrogens is 336 g/mol. The average Bonchev–Trinajstić information content (AvgIpc) is 3.11. The number of likely N-dealkylation sites (tertiary alicyclic amines) is 1. The Kier molecular flexibility index (Phi) is 5.20. The Bertz CT molecular complexity index is 850. The molecule has 0 aliphatic carbocycles. The number of carbonyl (C=O) groups excluding carboxylic acids is 1. The molecule has 132 valence electrons. The summed E-state index contributed by atoms with van der Waals surface area (Å²) in [6, 6.07) is 15.3. The molecule has 2 aromatic carbocycles. The minimum Gasteiger partial charge on any atom is -0.338 e. The number of benzene rings is 2. The van der Waals surface area contributed by atoms with Gasteiger partial charge in [-0.15, -0.1) is 0 Å². The molecule has 2 aromatic rings. The van der Waals surface area contributed by atoms with Gasteiger partial charge in [0.1, 0.15) is 0 Å². The highest BCUT2D eigenvalue weighted by Gasteiger charge is 2.28. The predicted molar refractivity (Wildman–Crippen MR) is 96.8 cm³/mol. The molecular formula is C19H22N2O3S. The summed E-state index contributed by atoms with van der Waals surface area (Å²) in [5.41, 5.74) is 6.69. The first-order valence-electron chi connectivity index (χ1n) is 8.36. The summed E-state index contributed by atoms with van der Waals surface area (Å²) in [6.07, 6.45) is 0.896. The molecule has 3 rings (SSSR count). The number of carbonyl (C=O) groups is 1. The van der Waals surface area contributed by atoms with E-state index in [1.807, 2.05) is 0 Å². The van der Waals surface area contributed by atoms with E-state index in [1.54, 1.807) is 59.5 Å². The van der Waals surface area contributed by atoms with E-state index >= 15 is 0 Å². The quantitative estimate of drug-likeness (QED) is 0.887. The smallest absolute Gasteiger partial charge is 0.254 e. The van der Waals surface area contributed by atoms with Gasteiger partial charge in [0.25, 0.3) is 5.91 Å². The fourth-order valence-corrected chi connectivity index (χ4v) is 4.55. The van der Waals surface area contributed by atoms with E-state index in [0.717, 1.165) is 6.42 Å². The molecule has 1 unspecified atom stereocenters. The first-order chi connectivity index (χ1) is 12.0. The summed E-state index contributed by atoms with van der Waals surface area (Å²) in [5.74, 6) is 0.0200. The van der Waals surface area contributed by atoms with Crippen LogP contribution in [0.5, 0.6) is 0 Å². The second-order valence-electron chi connectivity index (χ2n) is 6.37. The standard InChI is InChI=1S/C19H22N2O3S/c20-12-15-10-11-21(13-15)19(22)18-9-5-4-6-16(18)14-25(23,24)17-7-2-1-3-8-17/h1-9,15H,10-14,20H2. The largest absolute Gasteiger partial charge is 0.338 e. The molecule has 1 fully saturated rings. The van der Waals surface area contributed by atoms with Crippen LogP contribution < -0.4 is 5.73 Å². The second-order valence-corrected chi connectivity index (χ2v) is 8.36. The molecule has 0 saturated carbocycles. The van der Waals surface area contributed by atoms with Gasteiger partial charge in [-0.2, -0.15) is 0 Å². The second kappa shape index (κ2) is 7.37. The molecule has 0 spiro atoms. The summed E-state index contributed by atoms with van der Waals surface area (Å²) in [6.45, 7) is 1.86. The molecule has 2 N–H and O–H groups in total. The van der Waals surface area contributed by atoms with E-state index in [-0.39, 0.29) is 16.6 Å². The van der Waals surface area contributed by atoms with Gasteiger partial charge in [-0.25, -0.2) is 8.42 Å². The van der Waals surface area contributed by atoms with Crippen molar-refractivity contribution in [2.45, 2.75) is 17.1 Å². The third-order valence-electron chi connectivity index (χ3n) is 4.60. The molecule has 5 nitrogen and oxygen atoms in total. The topological polar surface area (TPSA) is 80.5 Å². The minimum atomic E-state index is -3.50. The van der Waals surface area contributed by atoms with Crippen LogP contribution in [-0.4, -0.2) is 38.9 Å². The van der Waals surface area contributed by atoms with E-state index in [1.165, 1.54) is 0 Å². The number of rotatable bonds is 5. The number of amides is 1. The SMILES string of the molecule is NCC1CCN(C(=O)c2ccccc2CS(=O)(=O)c2ccccc2)C1. The Morgan fingerprint density at radius 3 is 2.44 bits per heavy atom. The molecule has 1 atom stereocenters. The molecule has 1 aliphatic heterocycles. The molecule has 25 heavy (non-hydrogen) atoms. The van der Waals surface area contributed by atoms with Gasteiger partial charge in [-0.1, -0.05) is 36.4 Å². The number of nitrogens with zero attached hydrogens (tertiary/aromatic N) is 1. The molecule has 1 heterocycles. The fourth-order valence-electron chi connectivity index (χ4n) is 3.15. The van der Waals surface area contributed by atoms with Gasteiger partial charge >= 0.3 is 0 Å². The van der Waals surface area contributed by atoms with Crippen molar-refractivity contribution in [3.63, 3.8) is 0 Å². The van der Waals surface area contributed by atoms with Gasteiger partial charge in [-0.05, 0) is 42.6 Å². The van der Waals surface area contributed by atoms with Crippen molar-refractivity contribution in [3.05, 3.63) is 65.7 Å². The van der Waals surface area contributed by atoms with Gasteiger partial charge in [0.15, 0.2) is 9.84 Å². The van der Waals surface area contributed by atoms with Crippen molar-refractivity contribution in [2.75, 3.05) is 19.6 Å². The van der Waals surface area contributed by atoms with E-state index in [9.17, 15) is 13.2 Å². The molecule has 6 heteroatoms. The number of hydrogen-bond donors (Lipinski definition) is 1. The maximum absolute atomic E-state index is 12.8. The Labute approximate surface area is 148 Å². The van der Waals surface area contributed by atoms with Gasteiger partial charge in [0, 0.05) is 18.7 Å². The average molecular weight is 358 g/mol. The van der Waals surface area contributed by atoms with Crippen molar-refractivity contribution in [1.29, 1.82) is 0 Å². The summed E-state index contributed by atoms with van der Waals surface area (Å²) >= 11 is 0. The highest BCUT2D eigenvalue weighted by Crippen LogP contribution is 2.23. The van der Waals surface area contributed by atoms with Crippen molar-refractivity contribution in [2.24, 2.45) is 11.7 Å². The third-order valence-corrected chi connectivity index (χ3v) is 6.28. The Hall–Kier alpha value is -2.18. The molecule has 0 aromatic heterocycles. The van der Waals surface area contributed by atoms with Crippen LogP contribution in [0.3, 0.4) is 0 Å². The van der Waals surface area contributed by atoms with E-state index in [0.29, 0.717) is 36.7 Å². The van der Waals surface area contributed by atoms with E-state index in [4.69, 9.17) is 5.73 Å². The number of hydrogen-bond acceptors (Lipinski definition) is 4. The van der Waals surface area contributed by atoms with Crippen LogP contribution in [0.15, 0.2) is 59.5 Å². The van der Waals surface area contributed by atoms with Crippen LogP contribution >= 0.6 is 0 Å². The normalized spacial score (nSPS) is 17.6. The number of nitrogens with two attached hydrogens (primary N) is 1.